The molecule has 4 nitrogen and oxygen atoms in total. The summed E-state index contributed by atoms with van der Waals surface area (Å²) in [5.41, 5.74) is 4.21. The van der Waals surface area contributed by atoms with Crippen molar-refractivity contribution in [2.24, 2.45) is 0 Å². The Morgan fingerprint density at radius 1 is 1.08 bits per heavy atom. The number of rotatable bonds is 6. The SMILES string of the molecule is CCc1cccc(NC(=O)CCS(=O)(=O)c2ccc3c(c2)CCC3)c1. The van der Waals surface area contributed by atoms with Crippen LogP contribution >= 0.6 is 0 Å². The Morgan fingerprint density at radius 3 is 2.68 bits per heavy atom. The first-order valence-corrected chi connectivity index (χ1v) is 10.4. The Hall–Kier alpha value is -2.14. The molecule has 0 aromatic heterocycles. The maximum Gasteiger partial charge on any atom is 0.225 e. The molecule has 0 saturated heterocycles. The molecule has 1 aliphatic carbocycles. The number of hydrogen-bond acceptors (Lipinski definition) is 3. The van der Waals surface area contributed by atoms with Crippen LogP contribution in [0.25, 0.3) is 0 Å². The fourth-order valence-electron chi connectivity index (χ4n) is 3.18. The molecule has 0 spiro atoms. The quantitative estimate of drug-likeness (QED) is 0.860. The maximum atomic E-state index is 12.5. The minimum atomic E-state index is -3.44. The number of carbonyl (C=O) groups excluding carboxylic acids is 1. The maximum absolute atomic E-state index is 12.5. The number of benzene rings is 2. The van der Waals surface area contributed by atoms with E-state index in [0.717, 1.165) is 36.8 Å². The predicted octanol–water partition coefficient (Wildman–Crippen LogP) is 3.54. The van der Waals surface area contributed by atoms with Crippen LogP contribution < -0.4 is 5.32 Å². The van der Waals surface area contributed by atoms with Gasteiger partial charge in [-0.05, 0) is 66.6 Å². The number of hydrogen-bond donors (Lipinski definition) is 1. The molecule has 0 aliphatic heterocycles. The topological polar surface area (TPSA) is 63.2 Å². The highest BCUT2D eigenvalue weighted by Crippen LogP contribution is 2.25. The largest absolute Gasteiger partial charge is 0.326 e. The Labute approximate surface area is 149 Å². The van der Waals surface area contributed by atoms with Crippen molar-refractivity contribution in [1.82, 2.24) is 0 Å². The lowest BCUT2D eigenvalue weighted by atomic mass is 10.1. The Kier molecular flexibility index (Phi) is 5.23. The Balaban J connectivity index is 1.62. The fourth-order valence-corrected chi connectivity index (χ4v) is 4.47. The molecule has 132 valence electrons. The van der Waals surface area contributed by atoms with Crippen LogP contribution in [-0.2, 0) is 33.9 Å². The molecule has 1 amide bonds. The lowest BCUT2D eigenvalue weighted by molar-refractivity contribution is -0.115. The highest BCUT2D eigenvalue weighted by molar-refractivity contribution is 7.91. The van der Waals surface area contributed by atoms with Crippen molar-refractivity contribution < 1.29 is 13.2 Å². The van der Waals surface area contributed by atoms with Gasteiger partial charge < -0.3 is 5.32 Å². The molecule has 1 N–H and O–H groups in total. The first kappa shape index (κ1) is 17.7. The van der Waals surface area contributed by atoms with Gasteiger partial charge in [0.1, 0.15) is 0 Å². The molecule has 2 aromatic rings. The molecule has 5 heteroatoms. The summed E-state index contributed by atoms with van der Waals surface area (Å²) in [6, 6.07) is 13.0. The summed E-state index contributed by atoms with van der Waals surface area (Å²) in [5, 5.41) is 2.78. The van der Waals surface area contributed by atoms with Crippen molar-refractivity contribution in [3.63, 3.8) is 0 Å². The summed E-state index contributed by atoms with van der Waals surface area (Å²) in [7, 11) is -3.44. The number of anilines is 1. The minimum absolute atomic E-state index is 0.0459. The minimum Gasteiger partial charge on any atom is -0.326 e. The summed E-state index contributed by atoms with van der Waals surface area (Å²) in [6.07, 6.45) is 3.88. The van der Waals surface area contributed by atoms with Gasteiger partial charge in [0, 0.05) is 12.1 Å². The van der Waals surface area contributed by atoms with Crippen molar-refractivity contribution in [3.05, 3.63) is 59.2 Å². The second kappa shape index (κ2) is 7.40. The third-order valence-corrected chi connectivity index (χ3v) is 6.36. The van der Waals surface area contributed by atoms with Crippen molar-refractivity contribution in [2.75, 3.05) is 11.1 Å². The van der Waals surface area contributed by atoms with Gasteiger partial charge in [0.2, 0.25) is 5.91 Å². The third-order valence-electron chi connectivity index (χ3n) is 4.65. The number of amides is 1. The van der Waals surface area contributed by atoms with E-state index >= 15 is 0 Å². The average molecular weight is 357 g/mol. The molecular weight excluding hydrogens is 334 g/mol. The zero-order valence-electron chi connectivity index (χ0n) is 14.4. The van der Waals surface area contributed by atoms with E-state index in [1.807, 2.05) is 37.3 Å². The summed E-state index contributed by atoms with van der Waals surface area (Å²) < 4.78 is 25.0. The molecule has 0 atom stereocenters. The van der Waals surface area contributed by atoms with Crippen molar-refractivity contribution >= 4 is 21.4 Å². The molecule has 0 fully saturated rings. The summed E-state index contributed by atoms with van der Waals surface area (Å²) in [5.74, 6) is -0.455. The summed E-state index contributed by atoms with van der Waals surface area (Å²) in [6.45, 7) is 2.05. The standard InChI is InChI=1S/C20H23NO3S/c1-2-15-5-3-8-18(13-15)21-20(22)11-12-25(23,24)19-10-9-16-6-4-7-17(16)14-19/h3,5,8-10,13-14H,2,4,6-7,11-12H2,1H3,(H,21,22). The van der Waals surface area contributed by atoms with E-state index in [1.54, 1.807) is 12.1 Å². The zero-order valence-corrected chi connectivity index (χ0v) is 15.2. The van der Waals surface area contributed by atoms with E-state index in [0.29, 0.717) is 10.6 Å². The molecule has 0 bridgehead atoms. The van der Waals surface area contributed by atoms with E-state index in [1.165, 1.54) is 5.56 Å². The van der Waals surface area contributed by atoms with Crippen LogP contribution in [0.4, 0.5) is 5.69 Å². The summed E-state index contributed by atoms with van der Waals surface area (Å²) >= 11 is 0. The molecule has 0 heterocycles. The lowest BCUT2D eigenvalue weighted by Crippen LogP contribution is -2.17. The van der Waals surface area contributed by atoms with E-state index in [9.17, 15) is 13.2 Å². The number of nitrogens with one attached hydrogen (secondary N) is 1. The fraction of sp³-hybridized carbons (Fsp3) is 0.350. The van der Waals surface area contributed by atoms with E-state index in [4.69, 9.17) is 0 Å². The van der Waals surface area contributed by atoms with Gasteiger partial charge in [-0.15, -0.1) is 0 Å². The lowest BCUT2D eigenvalue weighted by Gasteiger charge is -2.09. The van der Waals surface area contributed by atoms with Crippen LogP contribution in [0.5, 0.6) is 0 Å². The second-order valence-corrected chi connectivity index (χ2v) is 8.56. The van der Waals surface area contributed by atoms with Crippen molar-refractivity contribution in [3.8, 4) is 0 Å². The van der Waals surface area contributed by atoms with E-state index in [-0.39, 0.29) is 18.1 Å². The van der Waals surface area contributed by atoms with Crippen LogP contribution in [0.3, 0.4) is 0 Å². The molecule has 0 radical (unpaired) electrons. The van der Waals surface area contributed by atoms with Crippen LogP contribution in [0.1, 0.15) is 36.5 Å². The average Bonchev–Trinajstić information content (AvgIpc) is 3.08. The first-order chi connectivity index (χ1) is 12.0. The van der Waals surface area contributed by atoms with Gasteiger partial charge in [0.05, 0.1) is 10.6 Å². The third kappa shape index (κ3) is 4.28. The first-order valence-electron chi connectivity index (χ1n) is 8.71. The van der Waals surface area contributed by atoms with Crippen LogP contribution in [0.2, 0.25) is 0 Å². The zero-order chi connectivity index (χ0) is 17.9. The number of fused-ring (bicyclic) bond motifs is 1. The van der Waals surface area contributed by atoms with Crippen molar-refractivity contribution in [2.45, 2.75) is 43.9 Å². The predicted molar refractivity (Wildman–Crippen MR) is 99.6 cm³/mol. The molecular formula is C20H23NO3S. The normalized spacial score (nSPS) is 13.5. The van der Waals surface area contributed by atoms with Gasteiger partial charge in [-0.25, -0.2) is 8.42 Å². The van der Waals surface area contributed by atoms with Gasteiger partial charge in [-0.2, -0.15) is 0 Å². The Morgan fingerprint density at radius 2 is 1.88 bits per heavy atom. The summed E-state index contributed by atoms with van der Waals surface area (Å²) in [4.78, 5) is 12.4. The molecule has 1 aliphatic rings. The van der Waals surface area contributed by atoms with E-state index < -0.39 is 9.84 Å². The van der Waals surface area contributed by atoms with Gasteiger partial charge in [-0.1, -0.05) is 25.1 Å². The highest BCUT2D eigenvalue weighted by atomic mass is 32.2. The Bertz CT molecular complexity index is 888. The molecule has 2 aromatic carbocycles. The van der Waals surface area contributed by atoms with Crippen LogP contribution in [0.15, 0.2) is 47.4 Å². The van der Waals surface area contributed by atoms with Gasteiger partial charge in [-0.3, -0.25) is 4.79 Å². The second-order valence-electron chi connectivity index (χ2n) is 6.46. The van der Waals surface area contributed by atoms with Gasteiger partial charge >= 0.3 is 0 Å². The van der Waals surface area contributed by atoms with Gasteiger partial charge in [0.15, 0.2) is 9.84 Å². The molecule has 25 heavy (non-hydrogen) atoms. The van der Waals surface area contributed by atoms with Crippen LogP contribution in [0, 0.1) is 0 Å². The number of carbonyl (C=O) groups is 1. The highest BCUT2D eigenvalue weighted by Gasteiger charge is 2.19. The van der Waals surface area contributed by atoms with Crippen LogP contribution in [-0.4, -0.2) is 20.1 Å². The number of aryl methyl sites for hydroxylation is 3. The smallest absolute Gasteiger partial charge is 0.225 e. The van der Waals surface area contributed by atoms with E-state index in [2.05, 4.69) is 5.32 Å². The van der Waals surface area contributed by atoms with Gasteiger partial charge in [0.25, 0.3) is 0 Å². The molecule has 3 rings (SSSR count). The van der Waals surface area contributed by atoms with Crippen molar-refractivity contribution in [1.29, 1.82) is 0 Å². The molecule has 0 saturated carbocycles. The molecule has 0 unspecified atom stereocenters. The number of sulfone groups is 1. The monoisotopic (exact) mass is 357 g/mol.